The van der Waals surface area contributed by atoms with E-state index in [9.17, 15) is 14.7 Å². The first-order chi connectivity index (χ1) is 10.8. The second kappa shape index (κ2) is 8.22. The molecular formula is C17H23NO5. The van der Waals surface area contributed by atoms with Crippen LogP contribution >= 0.6 is 0 Å². The molecule has 0 saturated carbocycles. The minimum Gasteiger partial charge on any atom is -0.504 e. The molecule has 23 heavy (non-hydrogen) atoms. The molecule has 1 aromatic carbocycles. The normalized spacial score (nSPS) is 11.3. The van der Waals surface area contributed by atoms with E-state index in [1.54, 1.807) is 32.9 Å². The molecule has 1 rings (SSSR count). The number of aldehydes is 1. The molecule has 0 aromatic heterocycles. The van der Waals surface area contributed by atoms with Crippen molar-refractivity contribution < 1.29 is 24.2 Å². The highest BCUT2D eigenvalue weighted by Gasteiger charge is 2.15. The summed E-state index contributed by atoms with van der Waals surface area (Å²) in [4.78, 5) is 22.5. The summed E-state index contributed by atoms with van der Waals surface area (Å²) < 4.78 is 10.1. The highest BCUT2D eigenvalue weighted by molar-refractivity contribution is 5.83. The SMILES string of the molecule is COc1cc(C=CCCNC(=O)OC(C)(C)C)c(C=O)cc1O. The van der Waals surface area contributed by atoms with E-state index < -0.39 is 11.7 Å². The lowest BCUT2D eigenvalue weighted by Gasteiger charge is -2.19. The van der Waals surface area contributed by atoms with Crippen LogP contribution in [0.25, 0.3) is 6.08 Å². The van der Waals surface area contributed by atoms with Crippen molar-refractivity contribution in [2.75, 3.05) is 13.7 Å². The van der Waals surface area contributed by atoms with Crippen molar-refractivity contribution >= 4 is 18.5 Å². The third-order valence-electron chi connectivity index (χ3n) is 2.79. The predicted octanol–water partition coefficient (Wildman–Crippen LogP) is 3.14. The molecule has 2 N–H and O–H groups in total. The van der Waals surface area contributed by atoms with Crippen LogP contribution in [0, 0.1) is 0 Å². The molecule has 0 heterocycles. The van der Waals surface area contributed by atoms with Gasteiger partial charge in [-0.1, -0.05) is 12.2 Å². The Kier molecular flexibility index (Phi) is 6.63. The van der Waals surface area contributed by atoms with E-state index in [1.165, 1.54) is 13.2 Å². The molecule has 0 aliphatic rings. The second-order valence-corrected chi connectivity index (χ2v) is 5.89. The van der Waals surface area contributed by atoms with Crippen molar-refractivity contribution in [1.82, 2.24) is 5.32 Å². The lowest BCUT2D eigenvalue weighted by molar-refractivity contribution is 0.0528. The number of rotatable bonds is 6. The largest absolute Gasteiger partial charge is 0.504 e. The maximum Gasteiger partial charge on any atom is 0.407 e. The van der Waals surface area contributed by atoms with Crippen molar-refractivity contribution in [2.45, 2.75) is 32.8 Å². The Bertz CT molecular complexity index is 587. The van der Waals surface area contributed by atoms with Gasteiger partial charge in [-0.05, 0) is 44.9 Å². The van der Waals surface area contributed by atoms with Gasteiger partial charge >= 0.3 is 6.09 Å². The number of hydrogen-bond acceptors (Lipinski definition) is 5. The second-order valence-electron chi connectivity index (χ2n) is 5.89. The highest BCUT2D eigenvalue weighted by Crippen LogP contribution is 2.29. The van der Waals surface area contributed by atoms with E-state index in [0.717, 1.165) is 0 Å². The molecule has 0 saturated heterocycles. The smallest absolute Gasteiger partial charge is 0.407 e. The number of alkyl carbamates (subject to hydrolysis) is 1. The summed E-state index contributed by atoms with van der Waals surface area (Å²) in [6, 6.07) is 2.93. The van der Waals surface area contributed by atoms with Gasteiger partial charge in [-0.15, -0.1) is 0 Å². The van der Waals surface area contributed by atoms with Gasteiger partial charge in [0, 0.05) is 12.1 Å². The standard InChI is InChI=1S/C17H23NO5/c1-17(2,3)23-16(21)18-8-6-5-7-12-10-15(22-4)14(20)9-13(12)11-19/h5,7,9-11,20H,6,8H2,1-4H3,(H,18,21). The Labute approximate surface area is 136 Å². The number of amides is 1. The molecule has 0 aliphatic carbocycles. The molecule has 126 valence electrons. The Morgan fingerprint density at radius 3 is 2.57 bits per heavy atom. The Hall–Kier alpha value is -2.50. The van der Waals surface area contributed by atoms with E-state index >= 15 is 0 Å². The average molecular weight is 321 g/mol. The molecule has 6 nitrogen and oxygen atoms in total. The van der Waals surface area contributed by atoms with Crippen LogP contribution in [-0.2, 0) is 4.74 Å². The van der Waals surface area contributed by atoms with Gasteiger partial charge in [0.25, 0.3) is 0 Å². The first kappa shape index (κ1) is 18.5. The number of carbonyl (C=O) groups excluding carboxylic acids is 2. The summed E-state index contributed by atoms with van der Waals surface area (Å²) in [5, 5.41) is 12.3. The molecule has 1 amide bonds. The van der Waals surface area contributed by atoms with Crippen molar-refractivity contribution in [2.24, 2.45) is 0 Å². The summed E-state index contributed by atoms with van der Waals surface area (Å²) in [5.41, 5.74) is 0.466. The van der Waals surface area contributed by atoms with Crippen LogP contribution in [0.2, 0.25) is 0 Å². The molecule has 0 bridgehead atoms. The zero-order valence-electron chi connectivity index (χ0n) is 13.9. The molecule has 1 aromatic rings. The van der Waals surface area contributed by atoms with Crippen LogP contribution in [0.1, 0.15) is 43.1 Å². The van der Waals surface area contributed by atoms with Gasteiger partial charge in [-0.25, -0.2) is 4.79 Å². The minimum atomic E-state index is -0.526. The summed E-state index contributed by atoms with van der Waals surface area (Å²) >= 11 is 0. The highest BCUT2D eigenvalue weighted by atomic mass is 16.6. The number of nitrogens with one attached hydrogen (secondary N) is 1. The Morgan fingerprint density at radius 2 is 2.00 bits per heavy atom. The molecular weight excluding hydrogens is 298 g/mol. The number of phenolic OH excluding ortho intramolecular Hbond substituents is 1. The molecule has 0 aliphatic heterocycles. The quantitative estimate of drug-likeness (QED) is 0.621. The van der Waals surface area contributed by atoms with E-state index in [0.29, 0.717) is 36.1 Å². The van der Waals surface area contributed by atoms with Gasteiger partial charge in [0.15, 0.2) is 17.8 Å². The van der Waals surface area contributed by atoms with E-state index in [2.05, 4.69) is 5.32 Å². The first-order valence-corrected chi connectivity index (χ1v) is 7.26. The van der Waals surface area contributed by atoms with Crippen molar-refractivity contribution in [3.05, 3.63) is 29.3 Å². The number of ether oxygens (including phenoxy) is 2. The fourth-order valence-corrected chi connectivity index (χ4v) is 1.79. The van der Waals surface area contributed by atoms with Gasteiger partial charge in [-0.2, -0.15) is 0 Å². The summed E-state index contributed by atoms with van der Waals surface area (Å²) in [6.45, 7) is 5.81. The van der Waals surface area contributed by atoms with Crippen molar-refractivity contribution in [3.63, 3.8) is 0 Å². The van der Waals surface area contributed by atoms with Gasteiger partial charge in [-0.3, -0.25) is 4.79 Å². The average Bonchev–Trinajstić information content (AvgIpc) is 2.45. The lowest BCUT2D eigenvalue weighted by Crippen LogP contribution is -2.32. The number of aromatic hydroxyl groups is 1. The molecule has 0 radical (unpaired) electrons. The third kappa shape index (κ3) is 6.42. The zero-order chi connectivity index (χ0) is 17.5. The number of hydrogen-bond donors (Lipinski definition) is 2. The minimum absolute atomic E-state index is 0.0849. The van der Waals surface area contributed by atoms with Gasteiger partial charge in [0.2, 0.25) is 0 Å². The van der Waals surface area contributed by atoms with Crippen LogP contribution in [-0.4, -0.2) is 36.7 Å². The number of methoxy groups -OCH3 is 1. The molecule has 0 atom stereocenters. The fourth-order valence-electron chi connectivity index (χ4n) is 1.79. The van der Waals surface area contributed by atoms with Crippen LogP contribution in [0.3, 0.4) is 0 Å². The van der Waals surface area contributed by atoms with Crippen LogP contribution in [0.15, 0.2) is 18.2 Å². The maximum absolute atomic E-state index is 11.5. The Balaban J connectivity index is 2.58. The van der Waals surface area contributed by atoms with Crippen LogP contribution < -0.4 is 10.1 Å². The predicted molar refractivity (Wildman–Crippen MR) is 87.9 cm³/mol. The third-order valence-corrected chi connectivity index (χ3v) is 2.79. The Morgan fingerprint density at radius 1 is 1.30 bits per heavy atom. The van der Waals surface area contributed by atoms with Gasteiger partial charge < -0.3 is 19.9 Å². The molecule has 0 unspecified atom stereocenters. The zero-order valence-corrected chi connectivity index (χ0v) is 13.9. The monoisotopic (exact) mass is 321 g/mol. The topological polar surface area (TPSA) is 84.9 Å². The van der Waals surface area contributed by atoms with Crippen molar-refractivity contribution in [1.29, 1.82) is 0 Å². The van der Waals surface area contributed by atoms with Gasteiger partial charge in [0.05, 0.1) is 7.11 Å². The summed E-state index contributed by atoms with van der Waals surface area (Å²) in [5.74, 6) is 0.209. The number of benzene rings is 1. The lowest BCUT2D eigenvalue weighted by atomic mass is 10.1. The maximum atomic E-state index is 11.5. The molecule has 6 heteroatoms. The van der Waals surface area contributed by atoms with E-state index in [4.69, 9.17) is 9.47 Å². The van der Waals surface area contributed by atoms with Crippen molar-refractivity contribution in [3.8, 4) is 11.5 Å². The first-order valence-electron chi connectivity index (χ1n) is 7.26. The van der Waals surface area contributed by atoms with Crippen LogP contribution in [0.5, 0.6) is 11.5 Å². The molecule has 0 fully saturated rings. The van der Waals surface area contributed by atoms with E-state index in [-0.39, 0.29) is 5.75 Å². The number of phenols is 1. The van der Waals surface area contributed by atoms with E-state index in [1.807, 2.05) is 6.08 Å². The summed E-state index contributed by atoms with van der Waals surface area (Å²) in [7, 11) is 1.44. The molecule has 0 spiro atoms. The fraction of sp³-hybridized carbons (Fsp3) is 0.412. The van der Waals surface area contributed by atoms with Crippen LogP contribution in [0.4, 0.5) is 4.79 Å². The summed E-state index contributed by atoms with van der Waals surface area (Å²) in [6.07, 6.45) is 4.32. The van der Waals surface area contributed by atoms with Gasteiger partial charge in [0.1, 0.15) is 5.60 Å². The number of carbonyl (C=O) groups is 2.